The fourth-order valence-corrected chi connectivity index (χ4v) is 6.06. The number of rotatable bonds is 6. The molecule has 1 saturated heterocycles. The Balaban J connectivity index is 1.46. The third-order valence-electron chi connectivity index (χ3n) is 6.36. The molecule has 2 aromatic rings. The number of benzene rings is 2. The topological polar surface area (TPSA) is 88.2 Å². The van der Waals surface area contributed by atoms with Crippen LogP contribution in [-0.4, -0.2) is 58.5 Å². The molecule has 0 spiro atoms. The normalized spacial score (nSPS) is 19.8. The van der Waals surface area contributed by atoms with E-state index in [1.807, 2.05) is 31.2 Å². The molecule has 172 valence electrons. The maximum Gasteiger partial charge on any atom is 0.302 e. The number of para-hydroxylation sites is 1. The first-order valence-corrected chi connectivity index (χ1v) is 12.2. The molecule has 2 aliphatic heterocycles. The highest BCUT2D eigenvalue weighted by molar-refractivity contribution is 7.91. The number of ketones is 1. The number of piperidine rings is 1. The summed E-state index contributed by atoms with van der Waals surface area (Å²) in [4.78, 5) is 15.2. The minimum Gasteiger partial charge on any atom is -0.493 e. The second-order valence-corrected chi connectivity index (χ2v) is 9.76. The van der Waals surface area contributed by atoms with Gasteiger partial charge in [-0.15, -0.1) is 0 Å². The predicted molar refractivity (Wildman–Crippen MR) is 123 cm³/mol. The van der Waals surface area contributed by atoms with E-state index in [1.54, 1.807) is 32.4 Å². The van der Waals surface area contributed by atoms with Crippen LogP contribution in [0, 0.1) is 0 Å². The van der Waals surface area contributed by atoms with Crippen molar-refractivity contribution in [1.82, 2.24) is 9.62 Å². The van der Waals surface area contributed by atoms with Crippen LogP contribution in [0.15, 0.2) is 42.5 Å². The van der Waals surface area contributed by atoms with Gasteiger partial charge in [0.2, 0.25) is 0 Å². The van der Waals surface area contributed by atoms with Crippen molar-refractivity contribution in [3.8, 4) is 11.5 Å². The highest BCUT2D eigenvalue weighted by Crippen LogP contribution is 2.33. The molecule has 2 aromatic carbocycles. The molecule has 0 bridgehead atoms. The fourth-order valence-electron chi connectivity index (χ4n) is 4.54. The van der Waals surface area contributed by atoms with Crippen molar-refractivity contribution in [3.05, 3.63) is 53.6 Å². The van der Waals surface area contributed by atoms with Crippen molar-refractivity contribution < 1.29 is 22.7 Å². The minimum absolute atomic E-state index is 0.00186. The Hall–Kier alpha value is -2.62. The lowest BCUT2D eigenvalue weighted by Crippen LogP contribution is -2.55. The Labute approximate surface area is 189 Å². The molecule has 0 radical (unpaired) electrons. The zero-order valence-corrected chi connectivity index (χ0v) is 19.4. The van der Waals surface area contributed by atoms with E-state index in [0.717, 1.165) is 11.3 Å². The number of Topliss-reactive ketones (excluding diaryl/α,β-unsaturated/α-hetero) is 1. The predicted octanol–water partition coefficient (Wildman–Crippen LogP) is 2.59. The summed E-state index contributed by atoms with van der Waals surface area (Å²) < 4.78 is 40.4. The average Bonchev–Trinajstić information content (AvgIpc) is 2.82. The number of likely N-dealkylation sites (tertiary alicyclic amines) is 1. The molecule has 4 rings (SSSR count). The number of ether oxygens (including phenoxy) is 2. The molecular weight excluding hydrogens is 430 g/mol. The fraction of sp³-hybridized carbons (Fsp3) is 0.435. The summed E-state index contributed by atoms with van der Waals surface area (Å²) in [5.41, 5.74) is 2.29. The summed E-state index contributed by atoms with van der Waals surface area (Å²) in [5.74, 6) is 1.10. The second kappa shape index (κ2) is 9.09. The van der Waals surface area contributed by atoms with Gasteiger partial charge < -0.3 is 9.47 Å². The van der Waals surface area contributed by atoms with Crippen LogP contribution in [0.25, 0.3) is 0 Å². The van der Waals surface area contributed by atoms with Crippen molar-refractivity contribution in [2.75, 3.05) is 31.6 Å². The molecule has 2 aliphatic rings. The van der Waals surface area contributed by atoms with Crippen LogP contribution in [0.5, 0.6) is 11.5 Å². The number of methoxy groups -OCH3 is 2. The molecule has 0 aliphatic carbocycles. The van der Waals surface area contributed by atoms with Gasteiger partial charge in [0.25, 0.3) is 0 Å². The summed E-state index contributed by atoms with van der Waals surface area (Å²) in [7, 11) is -0.474. The smallest absolute Gasteiger partial charge is 0.302 e. The number of nitrogens with one attached hydrogen (secondary N) is 1. The summed E-state index contributed by atoms with van der Waals surface area (Å²) in [6.45, 7) is 3.48. The number of hydrogen-bond donors (Lipinski definition) is 1. The lowest BCUT2D eigenvalue weighted by Gasteiger charge is -2.42. The molecule has 1 unspecified atom stereocenters. The van der Waals surface area contributed by atoms with Crippen LogP contribution < -0.4 is 18.5 Å². The standard InChI is InChI=1S/C23H29N3O5S/c1-16(23(27)17-8-9-21(30-2)22(14-17)31-3)25-12-10-19(11-13-25)26-20-7-5-4-6-18(20)15-24-32(26,28)29/h4-9,14,16,19,24H,10-13,15H2,1-3H3. The van der Waals surface area contributed by atoms with E-state index in [1.165, 1.54) is 4.31 Å². The zero-order chi connectivity index (χ0) is 22.9. The Bertz CT molecular complexity index is 1100. The summed E-state index contributed by atoms with van der Waals surface area (Å²) >= 11 is 0. The third-order valence-corrected chi connectivity index (χ3v) is 7.88. The van der Waals surface area contributed by atoms with Gasteiger partial charge in [0, 0.05) is 31.2 Å². The van der Waals surface area contributed by atoms with Crippen LogP contribution in [-0.2, 0) is 16.8 Å². The maximum absolute atomic E-state index is 13.1. The Morgan fingerprint density at radius 1 is 1.06 bits per heavy atom. The van der Waals surface area contributed by atoms with Gasteiger partial charge in [0.05, 0.1) is 25.9 Å². The monoisotopic (exact) mass is 459 g/mol. The first-order valence-electron chi connectivity index (χ1n) is 10.7. The van der Waals surface area contributed by atoms with Crippen molar-refractivity contribution >= 4 is 21.7 Å². The molecular formula is C23H29N3O5S. The molecule has 2 heterocycles. The van der Waals surface area contributed by atoms with Gasteiger partial charge in [-0.2, -0.15) is 13.1 Å². The zero-order valence-electron chi connectivity index (χ0n) is 18.6. The number of carbonyl (C=O) groups excluding carboxylic acids is 1. The van der Waals surface area contributed by atoms with Crippen LogP contribution in [0.1, 0.15) is 35.7 Å². The molecule has 9 heteroatoms. The molecule has 0 amide bonds. The number of anilines is 1. The maximum atomic E-state index is 13.1. The molecule has 32 heavy (non-hydrogen) atoms. The molecule has 0 saturated carbocycles. The lowest BCUT2D eigenvalue weighted by atomic mass is 9.98. The van der Waals surface area contributed by atoms with Gasteiger partial charge in [-0.25, -0.2) is 0 Å². The first-order chi connectivity index (χ1) is 15.4. The lowest BCUT2D eigenvalue weighted by molar-refractivity contribution is 0.0798. The van der Waals surface area contributed by atoms with Gasteiger partial charge in [-0.05, 0) is 49.6 Å². The van der Waals surface area contributed by atoms with E-state index in [2.05, 4.69) is 9.62 Å². The van der Waals surface area contributed by atoms with Crippen LogP contribution in [0.2, 0.25) is 0 Å². The highest BCUT2D eigenvalue weighted by Gasteiger charge is 2.38. The Morgan fingerprint density at radius 2 is 1.75 bits per heavy atom. The van der Waals surface area contributed by atoms with E-state index in [-0.39, 0.29) is 17.9 Å². The number of carbonyl (C=O) groups is 1. The number of fused-ring (bicyclic) bond motifs is 1. The molecule has 1 atom stereocenters. The van der Waals surface area contributed by atoms with Crippen molar-refractivity contribution in [2.24, 2.45) is 0 Å². The van der Waals surface area contributed by atoms with E-state index in [0.29, 0.717) is 49.5 Å². The minimum atomic E-state index is -3.58. The summed E-state index contributed by atoms with van der Waals surface area (Å²) in [6.07, 6.45) is 1.30. The van der Waals surface area contributed by atoms with Crippen molar-refractivity contribution in [2.45, 2.75) is 38.4 Å². The highest BCUT2D eigenvalue weighted by atomic mass is 32.2. The van der Waals surface area contributed by atoms with Gasteiger partial charge in [-0.3, -0.25) is 14.0 Å². The largest absolute Gasteiger partial charge is 0.493 e. The van der Waals surface area contributed by atoms with Gasteiger partial charge in [0.15, 0.2) is 17.3 Å². The van der Waals surface area contributed by atoms with Crippen LogP contribution in [0.3, 0.4) is 0 Å². The molecule has 0 aromatic heterocycles. The molecule has 1 N–H and O–H groups in total. The SMILES string of the molecule is COc1ccc(C(=O)C(C)N2CCC(N3c4ccccc4CNS3(=O)=O)CC2)cc1OC. The Morgan fingerprint density at radius 3 is 2.44 bits per heavy atom. The van der Waals surface area contributed by atoms with Gasteiger partial charge >= 0.3 is 10.2 Å². The van der Waals surface area contributed by atoms with Crippen molar-refractivity contribution in [1.29, 1.82) is 0 Å². The first kappa shape index (κ1) is 22.6. The van der Waals surface area contributed by atoms with Gasteiger partial charge in [0.1, 0.15) is 0 Å². The van der Waals surface area contributed by atoms with E-state index < -0.39 is 10.2 Å². The van der Waals surface area contributed by atoms with E-state index >= 15 is 0 Å². The molecule has 1 fully saturated rings. The number of nitrogens with zero attached hydrogens (tertiary/aromatic N) is 2. The van der Waals surface area contributed by atoms with Crippen LogP contribution in [0.4, 0.5) is 5.69 Å². The number of hydrogen-bond acceptors (Lipinski definition) is 6. The Kier molecular flexibility index (Phi) is 6.41. The molecule has 8 nitrogen and oxygen atoms in total. The summed E-state index contributed by atoms with van der Waals surface area (Å²) in [5, 5.41) is 0. The van der Waals surface area contributed by atoms with Crippen molar-refractivity contribution in [3.63, 3.8) is 0 Å². The van der Waals surface area contributed by atoms with Crippen LogP contribution >= 0.6 is 0 Å². The second-order valence-electron chi connectivity index (χ2n) is 8.13. The quantitative estimate of drug-likeness (QED) is 0.668. The van der Waals surface area contributed by atoms with Gasteiger partial charge in [-0.1, -0.05) is 18.2 Å². The van der Waals surface area contributed by atoms with E-state index in [9.17, 15) is 13.2 Å². The third kappa shape index (κ3) is 4.20. The average molecular weight is 460 g/mol. The van der Waals surface area contributed by atoms with E-state index in [4.69, 9.17) is 9.47 Å². The summed E-state index contributed by atoms with van der Waals surface area (Å²) in [6, 6.07) is 12.3.